The molecule has 0 aromatic carbocycles. The Hall–Kier alpha value is -0.880. The number of nitrogens with zero attached hydrogens (tertiary/aromatic N) is 2. The van der Waals surface area contributed by atoms with Crippen molar-refractivity contribution in [3.63, 3.8) is 0 Å². The number of pyridine rings is 1. The van der Waals surface area contributed by atoms with E-state index in [-0.39, 0.29) is 5.92 Å². The summed E-state index contributed by atoms with van der Waals surface area (Å²) in [5, 5.41) is 9.10. The molecule has 2 nitrogen and oxygen atoms in total. The number of aromatic nitrogens is 1. The summed E-state index contributed by atoms with van der Waals surface area (Å²) >= 11 is 3.33. The van der Waals surface area contributed by atoms with E-state index in [4.69, 9.17) is 5.26 Å². The summed E-state index contributed by atoms with van der Waals surface area (Å²) in [6.45, 7) is 0. The second-order valence-electron chi connectivity index (χ2n) is 3.68. The molecule has 1 saturated carbocycles. The van der Waals surface area contributed by atoms with Gasteiger partial charge in [0.05, 0.1) is 17.7 Å². The van der Waals surface area contributed by atoms with Crippen LogP contribution in [0, 0.1) is 17.2 Å². The Balaban J connectivity index is 2.23. The topological polar surface area (TPSA) is 36.7 Å². The molecule has 0 saturated heterocycles. The number of nitriles is 1. The molecule has 0 spiro atoms. The van der Waals surface area contributed by atoms with Gasteiger partial charge in [0.2, 0.25) is 0 Å². The summed E-state index contributed by atoms with van der Waals surface area (Å²) < 4.78 is 0.814. The second kappa shape index (κ2) is 4.10. The van der Waals surface area contributed by atoms with Gasteiger partial charge in [-0.3, -0.25) is 0 Å². The van der Waals surface area contributed by atoms with E-state index in [1.807, 2.05) is 18.2 Å². The fourth-order valence-corrected chi connectivity index (χ4v) is 2.14. The molecule has 1 aromatic rings. The van der Waals surface area contributed by atoms with Crippen LogP contribution in [0.1, 0.15) is 30.9 Å². The minimum absolute atomic E-state index is 0.0127. The van der Waals surface area contributed by atoms with Crippen molar-refractivity contribution in [1.29, 1.82) is 5.26 Å². The Morgan fingerprint density at radius 1 is 1.50 bits per heavy atom. The lowest BCUT2D eigenvalue weighted by atomic mass is 9.75. The molecule has 1 aliphatic rings. The van der Waals surface area contributed by atoms with E-state index in [1.54, 1.807) is 0 Å². The lowest BCUT2D eigenvalue weighted by Crippen LogP contribution is -2.20. The van der Waals surface area contributed by atoms with Crippen molar-refractivity contribution in [2.75, 3.05) is 0 Å². The quantitative estimate of drug-likeness (QED) is 0.756. The molecule has 0 aliphatic heterocycles. The molecule has 72 valence electrons. The van der Waals surface area contributed by atoms with Crippen LogP contribution in [0.3, 0.4) is 0 Å². The summed E-state index contributed by atoms with van der Waals surface area (Å²) in [4.78, 5) is 4.34. The van der Waals surface area contributed by atoms with Crippen molar-refractivity contribution in [1.82, 2.24) is 4.98 Å². The largest absolute Gasteiger partial charge is 0.245 e. The maximum Gasteiger partial charge on any atom is 0.106 e. The van der Waals surface area contributed by atoms with Crippen LogP contribution in [0.5, 0.6) is 0 Å². The van der Waals surface area contributed by atoms with Crippen LogP contribution >= 0.6 is 15.9 Å². The zero-order valence-corrected chi connectivity index (χ0v) is 9.37. The highest BCUT2D eigenvalue weighted by Gasteiger charge is 2.29. The molecule has 1 unspecified atom stereocenters. The summed E-state index contributed by atoms with van der Waals surface area (Å²) in [6.07, 6.45) is 3.61. The maximum absolute atomic E-state index is 9.10. The van der Waals surface area contributed by atoms with E-state index in [1.165, 1.54) is 19.3 Å². The minimum Gasteiger partial charge on any atom is -0.245 e. The number of rotatable bonds is 2. The predicted octanol–water partition coefficient (Wildman–Crippen LogP) is 3.25. The number of halogens is 1. The standard InChI is InChI=1S/C11H11BrN2/c12-11-6-2-5-10(14-11)9(7-13)8-3-1-4-8/h2,5-6,8-9H,1,3-4H2. The van der Waals surface area contributed by atoms with Gasteiger partial charge in [-0.2, -0.15) is 5.26 Å². The first-order chi connectivity index (χ1) is 6.81. The van der Waals surface area contributed by atoms with E-state index in [0.29, 0.717) is 5.92 Å². The van der Waals surface area contributed by atoms with Gasteiger partial charge >= 0.3 is 0 Å². The summed E-state index contributed by atoms with van der Waals surface area (Å²) in [6, 6.07) is 8.13. The first-order valence-corrected chi connectivity index (χ1v) is 5.62. The van der Waals surface area contributed by atoms with E-state index < -0.39 is 0 Å². The Morgan fingerprint density at radius 2 is 2.29 bits per heavy atom. The molecular weight excluding hydrogens is 240 g/mol. The van der Waals surface area contributed by atoms with Gasteiger partial charge in [-0.25, -0.2) is 4.98 Å². The highest BCUT2D eigenvalue weighted by Crippen LogP contribution is 2.38. The smallest absolute Gasteiger partial charge is 0.106 e. The van der Waals surface area contributed by atoms with Crippen LogP contribution in [0.15, 0.2) is 22.8 Å². The van der Waals surface area contributed by atoms with Crippen molar-refractivity contribution in [3.8, 4) is 6.07 Å². The van der Waals surface area contributed by atoms with Crippen LogP contribution in [-0.4, -0.2) is 4.98 Å². The first kappa shape index (κ1) is 9.67. The number of hydrogen-bond donors (Lipinski definition) is 0. The molecule has 1 heterocycles. The van der Waals surface area contributed by atoms with Gasteiger partial charge in [-0.1, -0.05) is 12.5 Å². The van der Waals surface area contributed by atoms with Crippen molar-refractivity contribution in [2.45, 2.75) is 25.2 Å². The fraction of sp³-hybridized carbons (Fsp3) is 0.455. The fourth-order valence-electron chi connectivity index (χ4n) is 1.78. The first-order valence-electron chi connectivity index (χ1n) is 4.83. The van der Waals surface area contributed by atoms with Crippen molar-refractivity contribution in [2.24, 2.45) is 5.92 Å². The van der Waals surface area contributed by atoms with Crippen LogP contribution in [0.2, 0.25) is 0 Å². The van der Waals surface area contributed by atoms with E-state index in [0.717, 1.165) is 10.3 Å². The highest BCUT2D eigenvalue weighted by atomic mass is 79.9. The average molecular weight is 251 g/mol. The molecular formula is C11H11BrN2. The summed E-state index contributed by atoms with van der Waals surface area (Å²) in [5.74, 6) is 0.517. The van der Waals surface area contributed by atoms with Gasteiger partial charge in [-0.15, -0.1) is 0 Å². The Kier molecular flexibility index (Phi) is 2.83. The van der Waals surface area contributed by atoms with Crippen molar-refractivity contribution < 1.29 is 0 Å². The molecule has 14 heavy (non-hydrogen) atoms. The Labute approximate surface area is 92.1 Å². The van der Waals surface area contributed by atoms with Gasteiger partial charge in [0, 0.05) is 0 Å². The molecule has 1 atom stereocenters. The molecule has 1 aliphatic carbocycles. The zero-order chi connectivity index (χ0) is 9.97. The lowest BCUT2D eigenvalue weighted by molar-refractivity contribution is 0.289. The second-order valence-corrected chi connectivity index (χ2v) is 4.50. The minimum atomic E-state index is -0.0127. The van der Waals surface area contributed by atoms with Crippen LogP contribution in [0.25, 0.3) is 0 Å². The predicted molar refractivity (Wildman–Crippen MR) is 57.6 cm³/mol. The third kappa shape index (κ3) is 1.80. The molecule has 2 rings (SSSR count). The van der Waals surface area contributed by atoms with Gasteiger partial charge in [0.15, 0.2) is 0 Å². The number of hydrogen-bond acceptors (Lipinski definition) is 2. The summed E-state index contributed by atoms with van der Waals surface area (Å²) in [7, 11) is 0. The Morgan fingerprint density at radius 3 is 2.79 bits per heavy atom. The van der Waals surface area contributed by atoms with Crippen LogP contribution < -0.4 is 0 Å². The maximum atomic E-state index is 9.10. The normalized spacial score (nSPS) is 18.3. The van der Waals surface area contributed by atoms with Gasteiger partial charge < -0.3 is 0 Å². The van der Waals surface area contributed by atoms with E-state index in [2.05, 4.69) is 27.0 Å². The monoisotopic (exact) mass is 250 g/mol. The highest BCUT2D eigenvalue weighted by molar-refractivity contribution is 9.10. The third-order valence-corrected chi connectivity index (χ3v) is 3.26. The third-order valence-electron chi connectivity index (χ3n) is 2.82. The molecule has 0 amide bonds. The van der Waals surface area contributed by atoms with E-state index >= 15 is 0 Å². The van der Waals surface area contributed by atoms with Gasteiger partial charge in [0.25, 0.3) is 0 Å². The molecule has 0 N–H and O–H groups in total. The van der Waals surface area contributed by atoms with Gasteiger partial charge in [0.1, 0.15) is 4.60 Å². The lowest BCUT2D eigenvalue weighted by Gasteiger charge is -2.29. The molecule has 1 aromatic heterocycles. The molecule has 3 heteroatoms. The van der Waals surface area contributed by atoms with Crippen molar-refractivity contribution in [3.05, 3.63) is 28.5 Å². The van der Waals surface area contributed by atoms with Crippen LogP contribution in [0.4, 0.5) is 0 Å². The van der Waals surface area contributed by atoms with Gasteiger partial charge in [-0.05, 0) is 46.8 Å². The molecule has 1 fully saturated rings. The SMILES string of the molecule is N#CC(c1cccc(Br)n1)C1CCC1. The van der Waals surface area contributed by atoms with E-state index in [9.17, 15) is 0 Å². The molecule has 0 bridgehead atoms. The average Bonchev–Trinajstić information content (AvgIpc) is 2.10. The van der Waals surface area contributed by atoms with Crippen LogP contribution in [-0.2, 0) is 0 Å². The zero-order valence-electron chi connectivity index (χ0n) is 7.78. The molecule has 0 radical (unpaired) electrons. The Bertz CT molecular complexity index is 366. The summed E-state index contributed by atoms with van der Waals surface area (Å²) in [5.41, 5.74) is 0.909. The van der Waals surface area contributed by atoms with Crippen molar-refractivity contribution >= 4 is 15.9 Å².